The van der Waals surface area contributed by atoms with Gasteiger partial charge in [0.05, 0.1) is 11.3 Å². The summed E-state index contributed by atoms with van der Waals surface area (Å²) in [6.07, 6.45) is 10.3. The maximum absolute atomic E-state index is 6.13. The number of hydrogen-bond acceptors (Lipinski definition) is 4. The Bertz CT molecular complexity index is 527. The van der Waals surface area contributed by atoms with E-state index >= 15 is 0 Å². The van der Waals surface area contributed by atoms with Crippen LogP contribution in [0, 0.1) is 11.8 Å². The van der Waals surface area contributed by atoms with Crippen LogP contribution < -0.4 is 22.9 Å². The van der Waals surface area contributed by atoms with Gasteiger partial charge in [0, 0.05) is 0 Å². The Morgan fingerprint density at radius 1 is 0.750 bits per heavy atom. The first-order valence-corrected chi connectivity index (χ1v) is 9.27. The van der Waals surface area contributed by atoms with Crippen molar-refractivity contribution in [2.24, 2.45) is 34.8 Å². The van der Waals surface area contributed by atoms with Crippen molar-refractivity contribution in [3.8, 4) is 0 Å². The summed E-state index contributed by atoms with van der Waals surface area (Å²) in [5, 5.41) is 0. The molecule has 0 unspecified atom stereocenters. The van der Waals surface area contributed by atoms with E-state index in [9.17, 15) is 0 Å². The highest BCUT2D eigenvalue weighted by Crippen LogP contribution is 2.42. The molecule has 1 aromatic rings. The first kappa shape index (κ1) is 17.6. The first-order chi connectivity index (χ1) is 11.3. The Hall–Kier alpha value is -1.20. The van der Waals surface area contributed by atoms with E-state index in [4.69, 9.17) is 22.9 Å². The summed E-state index contributed by atoms with van der Waals surface area (Å²) in [6.45, 7) is 0. The molecule has 8 N–H and O–H groups in total. The van der Waals surface area contributed by atoms with Crippen LogP contribution in [0.15, 0.2) is 35.9 Å². The van der Waals surface area contributed by atoms with Crippen LogP contribution in [0.25, 0.3) is 6.08 Å². The van der Waals surface area contributed by atoms with E-state index < -0.39 is 11.3 Å². The number of rotatable bonds is 3. The molecule has 0 saturated heterocycles. The molecule has 0 aromatic heterocycles. The van der Waals surface area contributed by atoms with Gasteiger partial charge in [-0.25, -0.2) is 0 Å². The predicted octanol–water partition coefficient (Wildman–Crippen LogP) is 2.68. The Kier molecular flexibility index (Phi) is 5.11. The minimum absolute atomic E-state index is 0.482. The predicted molar refractivity (Wildman–Crippen MR) is 101 cm³/mol. The zero-order valence-corrected chi connectivity index (χ0v) is 14.6. The summed E-state index contributed by atoms with van der Waals surface area (Å²) in [6, 6.07) is 10.6. The lowest BCUT2D eigenvalue weighted by Gasteiger charge is -2.40. The average Bonchev–Trinajstić information content (AvgIpc) is 2.54. The van der Waals surface area contributed by atoms with E-state index in [2.05, 4.69) is 36.4 Å². The fourth-order valence-corrected chi connectivity index (χ4v) is 4.29. The number of hydrogen-bond donors (Lipinski definition) is 4. The van der Waals surface area contributed by atoms with Gasteiger partial charge in [-0.1, -0.05) is 42.0 Å². The fourth-order valence-electron chi connectivity index (χ4n) is 4.29. The molecule has 2 saturated carbocycles. The molecule has 0 atom stereocenters. The maximum atomic E-state index is 6.13. The summed E-state index contributed by atoms with van der Waals surface area (Å²) in [5.74, 6) is 1.16. The third-order valence-electron chi connectivity index (χ3n) is 5.91. The van der Waals surface area contributed by atoms with Crippen molar-refractivity contribution in [3.63, 3.8) is 0 Å². The molecule has 2 fully saturated rings. The van der Waals surface area contributed by atoms with E-state index in [-0.39, 0.29) is 0 Å². The highest BCUT2D eigenvalue weighted by molar-refractivity contribution is 5.54. The third kappa shape index (κ3) is 4.45. The monoisotopic (exact) mass is 328 g/mol. The van der Waals surface area contributed by atoms with Gasteiger partial charge in [0.1, 0.15) is 0 Å². The highest BCUT2D eigenvalue weighted by Gasteiger charge is 2.35. The lowest BCUT2D eigenvalue weighted by atomic mass is 9.70. The van der Waals surface area contributed by atoms with Crippen LogP contribution in [0.3, 0.4) is 0 Å². The SMILES string of the molecule is NC1(N)CCC(C(=Cc2ccccc2)C2CCC(N)(N)CC2)CC1. The van der Waals surface area contributed by atoms with Crippen molar-refractivity contribution in [2.75, 3.05) is 0 Å². The van der Waals surface area contributed by atoms with Gasteiger partial charge in [0.25, 0.3) is 0 Å². The summed E-state index contributed by atoms with van der Waals surface area (Å²) in [7, 11) is 0. The van der Waals surface area contributed by atoms with Gasteiger partial charge >= 0.3 is 0 Å². The molecule has 24 heavy (non-hydrogen) atoms. The Morgan fingerprint density at radius 2 is 1.17 bits per heavy atom. The number of allylic oxidation sites excluding steroid dienone is 1. The van der Waals surface area contributed by atoms with Gasteiger partial charge in [0.2, 0.25) is 0 Å². The Labute approximate surface area is 145 Å². The number of benzene rings is 1. The molecule has 4 heteroatoms. The van der Waals surface area contributed by atoms with Gasteiger partial charge in [-0.15, -0.1) is 0 Å². The van der Waals surface area contributed by atoms with Crippen LogP contribution in [0.1, 0.15) is 56.9 Å². The van der Waals surface area contributed by atoms with Crippen molar-refractivity contribution in [3.05, 3.63) is 41.5 Å². The molecule has 4 nitrogen and oxygen atoms in total. The summed E-state index contributed by atoms with van der Waals surface area (Å²) >= 11 is 0. The van der Waals surface area contributed by atoms with Crippen LogP contribution in [0.5, 0.6) is 0 Å². The standard InChI is InChI=1S/C20H32N4/c21-19(22)10-6-16(7-11-19)18(14-15-4-2-1-3-5-15)17-8-12-20(23,24)13-9-17/h1-5,14,16-17H,6-13,21-24H2. The topological polar surface area (TPSA) is 104 Å². The van der Waals surface area contributed by atoms with Gasteiger partial charge < -0.3 is 22.9 Å². The molecule has 0 heterocycles. The van der Waals surface area contributed by atoms with Crippen molar-refractivity contribution in [1.82, 2.24) is 0 Å². The zero-order valence-electron chi connectivity index (χ0n) is 14.6. The Morgan fingerprint density at radius 3 is 1.58 bits per heavy atom. The van der Waals surface area contributed by atoms with Crippen molar-refractivity contribution in [1.29, 1.82) is 0 Å². The maximum Gasteiger partial charge on any atom is 0.0637 e. The summed E-state index contributed by atoms with van der Waals surface area (Å²) < 4.78 is 0. The normalized spacial score (nSPS) is 24.5. The van der Waals surface area contributed by atoms with Crippen LogP contribution in [0.2, 0.25) is 0 Å². The third-order valence-corrected chi connectivity index (χ3v) is 5.91. The molecule has 3 rings (SSSR count). The second-order valence-electron chi connectivity index (χ2n) is 8.07. The molecular weight excluding hydrogens is 296 g/mol. The van der Waals surface area contributed by atoms with Gasteiger partial charge in [-0.05, 0) is 68.8 Å². The van der Waals surface area contributed by atoms with Crippen molar-refractivity contribution in [2.45, 2.75) is 62.7 Å². The largest absolute Gasteiger partial charge is 0.313 e. The average molecular weight is 329 g/mol. The Balaban J connectivity index is 1.81. The zero-order chi connectivity index (χ0) is 17.2. The van der Waals surface area contributed by atoms with Crippen molar-refractivity contribution >= 4 is 6.08 Å². The molecule has 0 radical (unpaired) electrons. The molecule has 2 aliphatic rings. The highest BCUT2D eigenvalue weighted by atomic mass is 15.0. The van der Waals surface area contributed by atoms with Crippen molar-refractivity contribution < 1.29 is 0 Å². The second-order valence-corrected chi connectivity index (χ2v) is 8.07. The van der Waals surface area contributed by atoms with E-state index in [0.29, 0.717) is 11.8 Å². The van der Waals surface area contributed by atoms with E-state index in [1.807, 2.05) is 0 Å². The van der Waals surface area contributed by atoms with Crippen LogP contribution in [-0.2, 0) is 0 Å². The molecule has 2 aliphatic carbocycles. The molecule has 0 bridgehead atoms. The van der Waals surface area contributed by atoms with Gasteiger partial charge in [-0.3, -0.25) is 0 Å². The molecule has 0 aliphatic heterocycles. The van der Waals surface area contributed by atoms with Crippen LogP contribution in [-0.4, -0.2) is 11.3 Å². The van der Waals surface area contributed by atoms with E-state index in [1.165, 1.54) is 5.56 Å². The van der Waals surface area contributed by atoms with Gasteiger partial charge in [0.15, 0.2) is 0 Å². The lowest BCUT2D eigenvalue weighted by molar-refractivity contribution is 0.220. The molecule has 0 amide bonds. The molecule has 1 aromatic carbocycles. The first-order valence-electron chi connectivity index (χ1n) is 9.27. The minimum atomic E-state index is -0.482. The quantitative estimate of drug-likeness (QED) is 0.640. The minimum Gasteiger partial charge on any atom is -0.313 e. The molecule has 0 spiro atoms. The van der Waals surface area contributed by atoms with E-state index in [0.717, 1.165) is 51.4 Å². The summed E-state index contributed by atoms with van der Waals surface area (Å²) in [4.78, 5) is 0. The van der Waals surface area contributed by atoms with E-state index in [1.54, 1.807) is 5.57 Å². The molecular formula is C20H32N4. The van der Waals surface area contributed by atoms with Gasteiger partial charge in [-0.2, -0.15) is 0 Å². The fraction of sp³-hybridized carbons (Fsp3) is 0.600. The van der Waals surface area contributed by atoms with Crippen LogP contribution in [0.4, 0.5) is 0 Å². The smallest absolute Gasteiger partial charge is 0.0637 e. The number of nitrogens with two attached hydrogens (primary N) is 4. The van der Waals surface area contributed by atoms with Crippen LogP contribution >= 0.6 is 0 Å². The molecule has 132 valence electrons. The summed E-state index contributed by atoms with van der Waals surface area (Å²) in [5.41, 5.74) is 26.4. The lowest BCUT2D eigenvalue weighted by Crippen LogP contribution is -2.53. The second kappa shape index (κ2) is 6.96.